The van der Waals surface area contributed by atoms with Gasteiger partial charge >= 0.3 is 0 Å². The number of nitrogens with one attached hydrogen (secondary N) is 2. The summed E-state index contributed by atoms with van der Waals surface area (Å²) in [7, 11) is 0. The summed E-state index contributed by atoms with van der Waals surface area (Å²) in [4.78, 5) is 14.4. The first-order valence-electron chi connectivity index (χ1n) is 6.50. The van der Waals surface area contributed by atoms with Crippen molar-refractivity contribution in [2.24, 2.45) is 5.92 Å². The predicted molar refractivity (Wildman–Crippen MR) is 64.3 cm³/mol. The third-order valence-corrected chi connectivity index (χ3v) is 3.62. The van der Waals surface area contributed by atoms with Crippen LogP contribution in [-0.2, 0) is 4.79 Å². The van der Waals surface area contributed by atoms with Crippen LogP contribution in [0.5, 0.6) is 0 Å². The van der Waals surface area contributed by atoms with Crippen LogP contribution in [0.2, 0.25) is 0 Å². The highest BCUT2D eigenvalue weighted by Gasteiger charge is 2.28. The molecule has 2 heterocycles. The molecule has 2 unspecified atom stereocenters. The van der Waals surface area contributed by atoms with Gasteiger partial charge in [0.05, 0.1) is 0 Å². The topological polar surface area (TPSA) is 44.4 Å². The molecule has 0 aliphatic carbocycles. The fraction of sp³-hybridized carbons (Fsp3) is 0.917. The van der Waals surface area contributed by atoms with Gasteiger partial charge in [0.25, 0.3) is 0 Å². The molecule has 0 aromatic carbocycles. The fourth-order valence-electron chi connectivity index (χ4n) is 2.68. The molecule has 0 saturated carbocycles. The molecule has 92 valence electrons. The van der Waals surface area contributed by atoms with E-state index in [2.05, 4.69) is 22.5 Å². The van der Waals surface area contributed by atoms with Crippen LogP contribution in [0, 0.1) is 5.92 Å². The normalized spacial score (nSPS) is 32.2. The SMILES string of the molecule is CC1CC(C(=O)N2CCCNCC2)CCN1. The number of hydrogen-bond donors (Lipinski definition) is 2. The minimum Gasteiger partial charge on any atom is -0.341 e. The second kappa shape index (κ2) is 5.64. The number of nitrogens with zero attached hydrogens (tertiary/aromatic N) is 1. The first kappa shape index (κ1) is 11.9. The molecule has 0 spiro atoms. The van der Waals surface area contributed by atoms with Crippen molar-refractivity contribution in [2.75, 3.05) is 32.7 Å². The Balaban J connectivity index is 1.89. The summed E-state index contributed by atoms with van der Waals surface area (Å²) < 4.78 is 0. The maximum absolute atomic E-state index is 12.3. The summed E-state index contributed by atoms with van der Waals surface area (Å²) in [6.07, 6.45) is 3.10. The average Bonchev–Trinajstić information content (AvgIpc) is 2.56. The minimum absolute atomic E-state index is 0.259. The lowest BCUT2D eigenvalue weighted by atomic mass is 9.92. The van der Waals surface area contributed by atoms with Crippen LogP contribution in [0.3, 0.4) is 0 Å². The molecule has 0 aromatic heterocycles. The van der Waals surface area contributed by atoms with E-state index in [1.165, 1.54) is 0 Å². The highest BCUT2D eigenvalue weighted by Crippen LogP contribution is 2.19. The van der Waals surface area contributed by atoms with Crippen LogP contribution in [0.4, 0.5) is 0 Å². The molecule has 0 radical (unpaired) electrons. The number of piperidine rings is 1. The molecule has 0 bridgehead atoms. The van der Waals surface area contributed by atoms with Crippen LogP contribution >= 0.6 is 0 Å². The summed E-state index contributed by atoms with van der Waals surface area (Å²) in [6.45, 7) is 6.98. The molecule has 2 N–H and O–H groups in total. The Hall–Kier alpha value is -0.610. The smallest absolute Gasteiger partial charge is 0.225 e. The van der Waals surface area contributed by atoms with Gasteiger partial charge < -0.3 is 15.5 Å². The molecule has 0 aromatic rings. The maximum atomic E-state index is 12.3. The number of rotatable bonds is 1. The second-order valence-corrected chi connectivity index (χ2v) is 5.01. The largest absolute Gasteiger partial charge is 0.341 e. The monoisotopic (exact) mass is 225 g/mol. The second-order valence-electron chi connectivity index (χ2n) is 5.01. The van der Waals surface area contributed by atoms with Crippen LogP contribution in [0.25, 0.3) is 0 Å². The number of carbonyl (C=O) groups is 1. The lowest BCUT2D eigenvalue weighted by Gasteiger charge is -2.31. The average molecular weight is 225 g/mol. The molecular weight excluding hydrogens is 202 g/mol. The molecule has 2 fully saturated rings. The van der Waals surface area contributed by atoms with Gasteiger partial charge in [-0.2, -0.15) is 0 Å². The maximum Gasteiger partial charge on any atom is 0.225 e. The molecule has 4 heteroatoms. The third kappa shape index (κ3) is 2.95. The molecule has 2 atom stereocenters. The number of carbonyl (C=O) groups excluding carboxylic acids is 1. The van der Waals surface area contributed by atoms with E-state index < -0.39 is 0 Å². The van der Waals surface area contributed by atoms with Crippen LogP contribution in [-0.4, -0.2) is 49.6 Å². The van der Waals surface area contributed by atoms with Gasteiger partial charge in [0.1, 0.15) is 0 Å². The Labute approximate surface area is 97.8 Å². The zero-order valence-electron chi connectivity index (χ0n) is 10.2. The van der Waals surface area contributed by atoms with Gasteiger partial charge in [0.15, 0.2) is 0 Å². The Bertz CT molecular complexity index is 232. The van der Waals surface area contributed by atoms with Crippen molar-refractivity contribution in [1.29, 1.82) is 0 Å². The molecular formula is C12H23N3O. The predicted octanol–water partition coefficient (Wildman–Crippen LogP) is 0.196. The molecule has 2 saturated heterocycles. The zero-order valence-corrected chi connectivity index (χ0v) is 10.2. The molecule has 4 nitrogen and oxygen atoms in total. The van der Waals surface area contributed by atoms with Crippen molar-refractivity contribution < 1.29 is 4.79 Å². The lowest BCUT2D eigenvalue weighted by molar-refractivity contribution is -0.136. The van der Waals surface area contributed by atoms with Gasteiger partial charge in [-0.3, -0.25) is 4.79 Å². The van der Waals surface area contributed by atoms with Gasteiger partial charge in [0, 0.05) is 31.6 Å². The van der Waals surface area contributed by atoms with Crippen molar-refractivity contribution in [2.45, 2.75) is 32.2 Å². The van der Waals surface area contributed by atoms with Crippen molar-refractivity contribution in [3.63, 3.8) is 0 Å². The molecule has 2 rings (SSSR count). The van der Waals surface area contributed by atoms with E-state index in [4.69, 9.17) is 0 Å². The summed E-state index contributed by atoms with van der Waals surface area (Å²) >= 11 is 0. The molecule has 2 aliphatic heterocycles. The fourth-order valence-corrected chi connectivity index (χ4v) is 2.68. The van der Waals surface area contributed by atoms with Crippen molar-refractivity contribution in [1.82, 2.24) is 15.5 Å². The van der Waals surface area contributed by atoms with Gasteiger partial charge in [-0.1, -0.05) is 0 Å². The van der Waals surface area contributed by atoms with Gasteiger partial charge in [0.2, 0.25) is 5.91 Å². The molecule has 1 amide bonds. The van der Waals surface area contributed by atoms with E-state index >= 15 is 0 Å². The molecule has 2 aliphatic rings. The Morgan fingerprint density at radius 3 is 2.94 bits per heavy atom. The number of hydrogen-bond acceptors (Lipinski definition) is 3. The number of amides is 1. The summed E-state index contributed by atoms with van der Waals surface area (Å²) in [5, 5.41) is 6.74. The Kier molecular flexibility index (Phi) is 4.18. The van der Waals surface area contributed by atoms with Gasteiger partial charge in [-0.05, 0) is 39.3 Å². The minimum atomic E-state index is 0.259. The zero-order chi connectivity index (χ0) is 11.4. The van der Waals surface area contributed by atoms with Crippen molar-refractivity contribution in [3.8, 4) is 0 Å². The standard InChI is InChI=1S/C12H23N3O/c1-10-9-11(3-5-14-10)12(16)15-7-2-4-13-6-8-15/h10-11,13-14H,2-9H2,1H3. The first-order chi connectivity index (χ1) is 7.77. The Morgan fingerprint density at radius 2 is 2.12 bits per heavy atom. The third-order valence-electron chi connectivity index (χ3n) is 3.62. The van der Waals surface area contributed by atoms with Crippen LogP contribution in [0.1, 0.15) is 26.2 Å². The Morgan fingerprint density at radius 1 is 1.25 bits per heavy atom. The van der Waals surface area contributed by atoms with Crippen molar-refractivity contribution in [3.05, 3.63) is 0 Å². The highest BCUT2D eigenvalue weighted by atomic mass is 16.2. The van der Waals surface area contributed by atoms with E-state index in [-0.39, 0.29) is 5.92 Å². The lowest BCUT2D eigenvalue weighted by Crippen LogP contribution is -2.45. The summed E-state index contributed by atoms with van der Waals surface area (Å²) in [5.74, 6) is 0.645. The van der Waals surface area contributed by atoms with E-state index in [0.717, 1.165) is 52.0 Å². The van der Waals surface area contributed by atoms with Crippen LogP contribution in [0.15, 0.2) is 0 Å². The van der Waals surface area contributed by atoms with Crippen molar-refractivity contribution >= 4 is 5.91 Å². The summed E-state index contributed by atoms with van der Waals surface area (Å²) in [5.41, 5.74) is 0. The highest BCUT2D eigenvalue weighted by molar-refractivity contribution is 5.79. The first-order valence-corrected chi connectivity index (χ1v) is 6.50. The van der Waals surface area contributed by atoms with Crippen LogP contribution < -0.4 is 10.6 Å². The van der Waals surface area contributed by atoms with Gasteiger partial charge in [-0.25, -0.2) is 0 Å². The van der Waals surface area contributed by atoms with Gasteiger partial charge in [-0.15, -0.1) is 0 Å². The van der Waals surface area contributed by atoms with E-state index in [9.17, 15) is 4.79 Å². The van der Waals surface area contributed by atoms with E-state index in [1.54, 1.807) is 0 Å². The van der Waals surface area contributed by atoms with E-state index in [1.807, 2.05) is 0 Å². The van der Waals surface area contributed by atoms with E-state index in [0.29, 0.717) is 11.9 Å². The summed E-state index contributed by atoms with van der Waals surface area (Å²) in [6, 6.07) is 0.493. The molecule has 16 heavy (non-hydrogen) atoms. The quantitative estimate of drug-likeness (QED) is 0.670.